The number of nitrogens with one attached hydrogen (secondary N) is 1. The molecule has 26 heavy (non-hydrogen) atoms. The van der Waals surface area contributed by atoms with Gasteiger partial charge in [-0.05, 0) is 62.4 Å². The van der Waals surface area contributed by atoms with Crippen LogP contribution in [0.5, 0.6) is 0 Å². The van der Waals surface area contributed by atoms with Crippen molar-refractivity contribution < 1.29 is 4.79 Å². The van der Waals surface area contributed by atoms with Gasteiger partial charge in [-0.1, -0.05) is 31.4 Å². The lowest BCUT2D eigenvalue weighted by molar-refractivity contribution is -0.126. The van der Waals surface area contributed by atoms with Crippen LogP contribution in [0.1, 0.15) is 62.1 Å². The van der Waals surface area contributed by atoms with E-state index in [-0.39, 0.29) is 11.8 Å². The van der Waals surface area contributed by atoms with Gasteiger partial charge in [0, 0.05) is 31.7 Å². The molecule has 1 saturated carbocycles. The van der Waals surface area contributed by atoms with Crippen LogP contribution < -0.4 is 10.2 Å². The molecule has 0 radical (unpaired) electrons. The van der Waals surface area contributed by atoms with Gasteiger partial charge in [0.1, 0.15) is 0 Å². The first-order chi connectivity index (χ1) is 12.7. The van der Waals surface area contributed by atoms with Crippen molar-refractivity contribution in [1.82, 2.24) is 10.2 Å². The molecule has 1 N–H and O–H groups in total. The lowest BCUT2D eigenvalue weighted by atomic mass is 9.88. The van der Waals surface area contributed by atoms with Crippen molar-refractivity contribution in [2.45, 2.75) is 57.4 Å². The molecule has 1 saturated heterocycles. The second-order valence-corrected chi connectivity index (χ2v) is 8.40. The first-order valence-corrected chi connectivity index (χ1v) is 10.6. The van der Waals surface area contributed by atoms with Gasteiger partial charge >= 0.3 is 0 Å². The molecule has 1 aromatic carbocycles. The summed E-state index contributed by atoms with van der Waals surface area (Å²) in [4.78, 5) is 17.6. The van der Waals surface area contributed by atoms with Crippen LogP contribution in [0, 0.1) is 5.92 Å². The molecule has 0 aromatic heterocycles. The van der Waals surface area contributed by atoms with E-state index in [1.807, 2.05) is 0 Å². The van der Waals surface area contributed by atoms with Gasteiger partial charge in [-0.2, -0.15) is 0 Å². The predicted molar refractivity (Wildman–Crippen MR) is 107 cm³/mol. The van der Waals surface area contributed by atoms with Gasteiger partial charge in [0.2, 0.25) is 5.91 Å². The summed E-state index contributed by atoms with van der Waals surface area (Å²) in [5.74, 6) is 0.534. The van der Waals surface area contributed by atoms with Crippen LogP contribution in [0.2, 0.25) is 0 Å². The Bertz CT molecular complexity index is 632. The van der Waals surface area contributed by atoms with Crippen molar-refractivity contribution in [3.05, 3.63) is 29.3 Å². The van der Waals surface area contributed by atoms with Crippen molar-refractivity contribution in [1.29, 1.82) is 0 Å². The first-order valence-electron chi connectivity index (χ1n) is 10.6. The summed E-state index contributed by atoms with van der Waals surface area (Å²) in [5.41, 5.74) is 4.22. The molecule has 1 unspecified atom stereocenters. The third-order valence-corrected chi connectivity index (χ3v) is 6.64. The average Bonchev–Trinajstić information content (AvgIpc) is 3.33. The zero-order valence-electron chi connectivity index (χ0n) is 16.2. The molecule has 1 aromatic rings. The molecular formula is C22H33N3O. The maximum Gasteiger partial charge on any atom is 0.223 e. The molecule has 2 fully saturated rings. The number of benzene rings is 1. The standard InChI is InChI=1S/C22H33N3O/c1-24-14-11-19-15-18(9-10-20(19)24)21(25-12-5-6-13-25)16-23-22(26)17-7-3-2-4-8-17/h9-10,15,17,21H,2-8,11-14,16H2,1H3,(H,23,26). The highest BCUT2D eigenvalue weighted by Crippen LogP contribution is 2.32. The van der Waals surface area contributed by atoms with Crippen LogP contribution in [0.25, 0.3) is 0 Å². The Morgan fingerprint density at radius 1 is 1.12 bits per heavy atom. The first kappa shape index (κ1) is 17.8. The maximum atomic E-state index is 12.6. The maximum absolute atomic E-state index is 12.6. The molecule has 4 rings (SSSR count). The van der Waals surface area contributed by atoms with E-state index in [9.17, 15) is 4.79 Å². The van der Waals surface area contributed by atoms with Gasteiger partial charge in [0.15, 0.2) is 0 Å². The Kier molecular flexibility index (Phi) is 5.49. The highest BCUT2D eigenvalue weighted by Gasteiger charge is 2.27. The molecule has 1 atom stereocenters. The summed E-state index contributed by atoms with van der Waals surface area (Å²) >= 11 is 0. The predicted octanol–water partition coefficient (Wildman–Crippen LogP) is 3.51. The molecule has 1 amide bonds. The van der Waals surface area contributed by atoms with Gasteiger partial charge < -0.3 is 10.2 Å². The molecule has 4 heteroatoms. The van der Waals surface area contributed by atoms with Crippen LogP contribution in [0.4, 0.5) is 5.69 Å². The largest absolute Gasteiger partial charge is 0.374 e. The van der Waals surface area contributed by atoms with Crippen molar-refractivity contribution >= 4 is 11.6 Å². The summed E-state index contributed by atoms with van der Waals surface area (Å²) in [5, 5.41) is 3.31. The molecule has 0 spiro atoms. The van der Waals surface area contributed by atoms with E-state index in [0.717, 1.165) is 45.4 Å². The van der Waals surface area contributed by atoms with Gasteiger partial charge in [-0.15, -0.1) is 0 Å². The average molecular weight is 356 g/mol. The second-order valence-electron chi connectivity index (χ2n) is 8.40. The fourth-order valence-corrected chi connectivity index (χ4v) is 5.01. The number of hydrogen-bond acceptors (Lipinski definition) is 3. The van der Waals surface area contributed by atoms with Crippen LogP contribution in [0.15, 0.2) is 18.2 Å². The normalized spacial score (nSPS) is 22.4. The Labute approximate surface area is 157 Å². The van der Waals surface area contributed by atoms with E-state index >= 15 is 0 Å². The number of likely N-dealkylation sites (tertiary alicyclic amines) is 1. The fraction of sp³-hybridized carbons (Fsp3) is 0.682. The number of carbonyl (C=O) groups is 1. The third kappa shape index (κ3) is 3.75. The van der Waals surface area contributed by atoms with Crippen LogP contribution in [0.3, 0.4) is 0 Å². The molecule has 1 aliphatic carbocycles. The SMILES string of the molecule is CN1CCc2cc(C(CNC(=O)C3CCCCC3)N3CCCC3)ccc21. The summed E-state index contributed by atoms with van der Waals surface area (Å²) in [7, 11) is 2.17. The van der Waals surface area contributed by atoms with Crippen molar-refractivity contribution in [3.8, 4) is 0 Å². The highest BCUT2D eigenvalue weighted by molar-refractivity contribution is 5.78. The molecule has 4 nitrogen and oxygen atoms in total. The number of nitrogens with zero attached hydrogens (tertiary/aromatic N) is 2. The van der Waals surface area contributed by atoms with E-state index in [1.165, 1.54) is 48.9 Å². The number of rotatable bonds is 5. The summed E-state index contributed by atoms with van der Waals surface area (Å²) in [6, 6.07) is 7.29. The number of fused-ring (bicyclic) bond motifs is 1. The smallest absolute Gasteiger partial charge is 0.223 e. The number of likely N-dealkylation sites (N-methyl/N-ethyl adjacent to an activating group) is 1. The fourth-order valence-electron chi connectivity index (χ4n) is 5.01. The summed E-state index contributed by atoms with van der Waals surface area (Å²) < 4.78 is 0. The van der Waals surface area contributed by atoms with Gasteiger partial charge in [-0.25, -0.2) is 0 Å². The highest BCUT2D eigenvalue weighted by atomic mass is 16.1. The lowest BCUT2D eigenvalue weighted by Gasteiger charge is -2.30. The Hall–Kier alpha value is -1.55. The van der Waals surface area contributed by atoms with E-state index in [1.54, 1.807) is 0 Å². The minimum atomic E-state index is 0.247. The lowest BCUT2D eigenvalue weighted by Crippen LogP contribution is -2.39. The Balaban J connectivity index is 1.47. The molecule has 142 valence electrons. The molecule has 2 heterocycles. The zero-order valence-corrected chi connectivity index (χ0v) is 16.2. The van der Waals surface area contributed by atoms with E-state index < -0.39 is 0 Å². The van der Waals surface area contributed by atoms with Gasteiger partial charge in [0.05, 0.1) is 6.04 Å². The van der Waals surface area contributed by atoms with Crippen molar-refractivity contribution in [2.75, 3.05) is 38.1 Å². The quantitative estimate of drug-likeness (QED) is 0.878. The molecule has 2 aliphatic heterocycles. The minimum Gasteiger partial charge on any atom is -0.374 e. The minimum absolute atomic E-state index is 0.247. The topological polar surface area (TPSA) is 35.6 Å². The Morgan fingerprint density at radius 3 is 2.65 bits per heavy atom. The third-order valence-electron chi connectivity index (χ3n) is 6.64. The van der Waals surface area contributed by atoms with E-state index in [2.05, 4.69) is 40.4 Å². The van der Waals surface area contributed by atoms with Crippen LogP contribution in [-0.2, 0) is 11.2 Å². The zero-order chi connectivity index (χ0) is 17.9. The number of amides is 1. The summed E-state index contributed by atoms with van der Waals surface area (Å²) in [6.07, 6.45) is 9.57. The monoisotopic (exact) mass is 355 g/mol. The number of carbonyl (C=O) groups excluding carboxylic acids is 1. The van der Waals surface area contributed by atoms with Crippen LogP contribution >= 0.6 is 0 Å². The van der Waals surface area contributed by atoms with Crippen molar-refractivity contribution in [2.24, 2.45) is 5.92 Å². The van der Waals surface area contributed by atoms with Gasteiger partial charge in [0.25, 0.3) is 0 Å². The molecule has 3 aliphatic rings. The van der Waals surface area contributed by atoms with Crippen LogP contribution in [-0.4, -0.2) is 44.0 Å². The second kappa shape index (κ2) is 7.99. The molecular weight excluding hydrogens is 322 g/mol. The summed E-state index contributed by atoms with van der Waals surface area (Å²) in [6.45, 7) is 4.18. The number of anilines is 1. The Morgan fingerprint density at radius 2 is 1.88 bits per heavy atom. The van der Waals surface area contributed by atoms with Crippen molar-refractivity contribution in [3.63, 3.8) is 0 Å². The number of hydrogen-bond donors (Lipinski definition) is 1. The molecule has 0 bridgehead atoms. The van der Waals surface area contributed by atoms with Gasteiger partial charge in [-0.3, -0.25) is 9.69 Å². The van der Waals surface area contributed by atoms with E-state index in [0.29, 0.717) is 6.04 Å². The van der Waals surface area contributed by atoms with E-state index in [4.69, 9.17) is 0 Å².